The Morgan fingerprint density at radius 1 is 1.24 bits per heavy atom. The van der Waals surface area contributed by atoms with Crippen molar-refractivity contribution >= 4 is 63.5 Å². The Morgan fingerprint density at radius 2 is 1.76 bits per heavy atom. The molecule has 0 bridgehead atoms. The highest BCUT2D eigenvalue weighted by molar-refractivity contribution is 9.42. The summed E-state index contributed by atoms with van der Waals surface area (Å²) >= 11 is 8.87. The number of sulfone groups is 1. The Hall–Kier alpha value is 0.0800. The summed E-state index contributed by atoms with van der Waals surface area (Å²) < 4.78 is 22.9. The summed E-state index contributed by atoms with van der Waals surface area (Å²) in [4.78, 5) is 11.5. The van der Waals surface area contributed by atoms with Crippen molar-refractivity contribution < 1.29 is 13.2 Å². The zero-order chi connectivity index (χ0) is 13.3. The van der Waals surface area contributed by atoms with Crippen LogP contribution in [0.5, 0.6) is 0 Å². The summed E-state index contributed by atoms with van der Waals surface area (Å²) in [6.07, 6.45) is 0. The van der Waals surface area contributed by atoms with Crippen LogP contribution in [0.4, 0.5) is 0 Å². The normalized spacial score (nSPS) is 12.2. The summed E-state index contributed by atoms with van der Waals surface area (Å²) in [6, 6.07) is 5.98. The second-order valence-corrected chi connectivity index (χ2v) is 13.4. The molecule has 0 spiro atoms. The Kier molecular flexibility index (Phi) is 4.79. The summed E-state index contributed by atoms with van der Waals surface area (Å²) in [5.74, 6) is -0.457. The number of nitrogens with one attached hydrogen (secondary N) is 1. The lowest BCUT2D eigenvalue weighted by Crippen LogP contribution is -2.25. The molecule has 0 saturated heterocycles. The molecule has 0 radical (unpaired) electrons. The van der Waals surface area contributed by atoms with Gasteiger partial charge in [0.15, 0.2) is 0 Å². The van der Waals surface area contributed by atoms with Gasteiger partial charge < -0.3 is 5.32 Å². The van der Waals surface area contributed by atoms with Crippen LogP contribution >= 0.6 is 47.8 Å². The second-order valence-electron chi connectivity index (χ2n) is 3.02. The second kappa shape index (κ2) is 5.38. The molecule has 0 saturated carbocycles. The first-order chi connectivity index (χ1) is 7.71. The van der Waals surface area contributed by atoms with Gasteiger partial charge in [0.1, 0.15) is 0 Å². The molecular formula is C9H8Br3NO3S. The maximum absolute atomic E-state index is 12.2. The van der Waals surface area contributed by atoms with Gasteiger partial charge in [-0.05, 0) is 59.9 Å². The summed E-state index contributed by atoms with van der Waals surface area (Å²) in [6.45, 7) is 0. The van der Waals surface area contributed by atoms with Crippen LogP contribution in [0.15, 0.2) is 29.2 Å². The minimum Gasteiger partial charge on any atom is -0.355 e. The molecule has 1 N–H and O–H groups in total. The quantitative estimate of drug-likeness (QED) is 0.706. The van der Waals surface area contributed by atoms with Gasteiger partial charge in [0.25, 0.3) is 5.91 Å². The van der Waals surface area contributed by atoms with Crippen LogP contribution in [0.25, 0.3) is 0 Å². The molecule has 1 amide bonds. The maximum atomic E-state index is 12.2. The lowest BCUT2D eigenvalue weighted by molar-refractivity contribution is 0.0960. The van der Waals surface area contributed by atoms with Crippen molar-refractivity contribution in [2.24, 2.45) is 0 Å². The molecule has 0 fully saturated rings. The Labute approximate surface area is 124 Å². The molecule has 0 aliphatic carbocycles. The van der Waals surface area contributed by atoms with Crippen LogP contribution in [0.1, 0.15) is 10.4 Å². The van der Waals surface area contributed by atoms with Gasteiger partial charge in [-0.1, -0.05) is 12.1 Å². The molecule has 0 unspecified atom stereocenters. The van der Waals surface area contributed by atoms with Crippen molar-refractivity contribution in [2.75, 3.05) is 7.05 Å². The summed E-state index contributed by atoms with van der Waals surface area (Å²) in [5, 5.41) is 2.40. The number of carbonyl (C=O) groups is 1. The fourth-order valence-electron chi connectivity index (χ4n) is 1.15. The molecule has 0 aliphatic rings. The first kappa shape index (κ1) is 15.1. The van der Waals surface area contributed by atoms with Gasteiger partial charge in [-0.3, -0.25) is 4.79 Å². The predicted molar refractivity (Wildman–Crippen MR) is 76.5 cm³/mol. The van der Waals surface area contributed by atoms with Crippen LogP contribution in [-0.2, 0) is 9.84 Å². The molecular weight excluding hydrogens is 442 g/mol. The molecule has 0 aromatic heterocycles. The van der Waals surface area contributed by atoms with Crippen molar-refractivity contribution in [2.45, 2.75) is 6.37 Å². The van der Waals surface area contributed by atoms with E-state index in [4.69, 9.17) is 0 Å². The largest absolute Gasteiger partial charge is 0.355 e. The lowest BCUT2D eigenvalue weighted by atomic mass is 10.2. The fourth-order valence-corrected chi connectivity index (χ4v) is 3.67. The molecule has 1 rings (SSSR count). The third-order valence-electron chi connectivity index (χ3n) is 1.95. The fraction of sp³-hybridized carbons (Fsp3) is 0.222. The number of benzene rings is 1. The van der Waals surface area contributed by atoms with Gasteiger partial charge in [-0.25, -0.2) is 8.42 Å². The summed E-state index contributed by atoms with van der Waals surface area (Å²) in [5.41, 5.74) is 0.0951. The standard InChI is InChI=1S/C9H8Br3NO3S/c1-13-8(14)6-4-2-3-5-7(6)17(15,16)9(10,11)12/h2-5H,1H3,(H,13,14). The van der Waals surface area contributed by atoms with E-state index in [1.54, 1.807) is 12.1 Å². The number of hydrogen-bond acceptors (Lipinski definition) is 3. The van der Waals surface area contributed by atoms with Gasteiger partial charge in [0, 0.05) is 7.05 Å². The average molecular weight is 450 g/mol. The van der Waals surface area contributed by atoms with E-state index >= 15 is 0 Å². The van der Waals surface area contributed by atoms with Crippen molar-refractivity contribution in [1.82, 2.24) is 5.32 Å². The van der Waals surface area contributed by atoms with Crippen LogP contribution in [0.3, 0.4) is 0 Å². The zero-order valence-electron chi connectivity index (χ0n) is 8.58. The van der Waals surface area contributed by atoms with Gasteiger partial charge in [-0.15, -0.1) is 0 Å². The Morgan fingerprint density at radius 3 is 2.24 bits per heavy atom. The monoisotopic (exact) mass is 447 g/mol. The molecule has 17 heavy (non-hydrogen) atoms. The highest BCUT2D eigenvalue weighted by atomic mass is 80.0. The SMILES string of the molecule is CNC(=O)c1ccccc1S(=O)(=O)C(Br)(Br)Br. The van der Waals surface area contributed by atoms with Crippen molar-refractivity contribution in [1.29, 1.82) is 0 Å². The average Bonchev–Trinajstić information content (AvgIpc) is 2.26. The molecule has 4 nitrogen and oxygen atoms in total. The number of alkyl halides is 3. The molecule has 0 atom stereocenters. The third kappa shape index (κ3) is 3.10. The number of carbonyl (C=O) groups excluding carboxylic acids is 1. The van der Waals surface area contributed by atoms with E-state index in [1.165, 1.54) is 19.2 Å². The highest BCUT2D eigenvalue weighted by Crippen LogP contribution is 2.43. The molecule has 0 aliphatic heterocycles. The van der Waals surface area contributed by atoms with Gasteiger partial charge in [0.05, 0.1) is 10.5 Å². The molecule has 1 aromatic rings. The highest BCUT2D eigenvalue weighted by Gasteiger charge is 2.39. The predicted octanol–water partition coefficient (Wildman–Crippen LogP) is 2.62. The number of amides is 1. The van der Waals surface area contributed by atoms with E-state index in [0.29, 0.717) is 0 Å². The molecule has 8 heteroatoms. The topological polar surface area (TPSA) is 63.2 Å². The zero-order valence-corrected chi connectivity index (χ0v) is 14.2. The van der Waals surface area contributed by atoms with Crippen molar-refractivity contribution in [3.63, 3.8) is 0 Å². The lowest BCUT2D eigenvalue weighted by Gasteiger charge is -2.15. The van der Waals surface area contributed by atoms with Crippen LogP contribution in [0, 0.1) is 0 Å². The van der Waals surface area contributed by atoms with E-state index in [2.05, 4.69) is 53.1 Å². The number of rotatable bonds is 2. The van der Waals surface area contributed by atoms with Crippen LogP contribution in [0.2, 0.25) is 0 Å². The molecule has 1 aromatic carbocycles. The first-order valence-corrected chi connectivity index (χ1v) is 8.20. The van der Waals surface area contributed by atoms with E-state index in [-0.39, 0.29) is 10.5 Å². The van der Waals surface area contributed by atoms with Crippen molar-refractivity contribution in [3.05, 3.63) is 29.8 Å². The summed E-state index contributed by atoms with van der Waals surface area (Å²) in [7, 11) is -2.33. The van der Waals surface area contributed by atoms with E-state index in [0.717, 1.165) is 0 Å². The van der Waals surface area contributed by atoms with Crippen molar-refractivity contribution in [3.8, 4) is 0 Å². The number of halogens is 3. The van der Waals surface area contributed by atoms with Gasteiger partial charge >= 0.3 is 0 Å². The van der Waals surface area contributed by atoms with Crippen LogP contribution < -0.4 is 5.32 Å². The van der Waals surface area contributed by atoms with Crippen LogP contribution in [-0.4, -0.2) is 22.8 Å². The smallest absolute Gasteiger partial charge is 0.252 e. The Balaban J connectivity index is 3.49. The number of hydrogen-bond donors (Lipinski definition) is 1. The molecule has 94 valence electrons. The first-order valence-electron chi connectivity index (χ1n) is 4.34. The van der Waals surface area contributed by atoms with E-state index in [9.17, 15) is 13.2 Å². The third-order valence-corrected chi connectivity index (χ3v) is 7.33. The minimum absolute atomic E-state index is 0.0648. The maximum Gasteiger partial charge on any atom is 0.252 e. The van der Waals surface area contributed by atoms with E-state index in [1.807, 2.05) is 0 Å². The van der Waals surface area contributed by atoms with Gasteiger partial charge in [0.2, 0.25) is 11.3 Å². The van der Waals surface area contributed by atoms with E-state index < -0.39 is 17.2 Å². The van der Waals surface area contributed by atoms with Gasteiger partial charge in [-0.2, -0.15) is 0 Å². The minimum atomic E-state index is -3.77. The Bertz CT molecular complexity index is 537. The molecule has 0 heterocycles.